The highest BCUT2D eigenvalue weighted by molar-refractivity contribution is 5.95. The first kappa shape index (κ1) is 19.6. The fourth-order valence-corrected chi connectivity index (χ4v) is 2.40. The normalized spacial score (nSPS) is 10.7. The zero-order valence-corrected chi connectivity index (χ0v) is 14.7. The van der Waals surface area contributed by atoms with Crippen LogP contribution in [-0.2, 0) is 17.6 Å². The Morgan fingerprint density at radius 3 is 2.54 bits per heavy atom. The van der Waals surface area contributed by atoms with Crippen LogP contribution < -0.4 is 10.1 Å². The lowest BCUT2D eigenvalue weighted by Gasteiger charge is -2.13. The molecule has 0 atom stereocenters. The zero-order valence-electron chi connectivity index (χ0n) is 14.7. The number of rotatable bonds is 9. The molecule has 0 aliphatic rings. The molecule has 1 heterocycles. The number of nitrogens with zero attached hydrogens (tertiary/aromatic N) is 2. The molecule has 0 fully saturated rings. The molecule has 0 saturated carbocycles. The summed E-state index contributed by atoms with van der Waals surface area (Å²) in [6.45, 7) is 1.57. The molecule has 0 spiro atoms. The lowest BCUT2D eigenvalue weighted by atomic mass is 10.1. The van der Waals surface area contributed by atoms with E-state index in [4.69, 9.17) is 4.74 Å². The Labute approximate surface area is 150 Å². The van der Waals surface area contributed by atoms with Gasteiger partial charge in [-0.3, -0.25) is 0 Å². The number of hydrogen-bond acceptors (Lipinski definition) is 6. The van der Waals surface area contributed by atoms with Crippen LogP contribution in [0.3, 0.4) is 0 Å². The van der Waals surface area contributed by atoms with E-state index in [0.29, 0.717) is 36.5 Å². The number of aromatic nitrogens is 2. The van der Waals surface area contributed by atoms with Gasteiger partial charge in [0.25, 0.3) is 0 Å². The number of benzene rings is 1. The van der Waals surface area contributed by atoms with E-state index in [2.05, 4.69) is 20.0 Å². The number of halogens is 2. The van der Waals surface area contributed by atoms with Gasteiger partial charge in [0.1, 0.15) is 23.5 Å². The van der Waals surface area contributed by atoms with Crippen molar-refractivity contribution in [2.24, 2.45) is 0 Å². The number of anilines is 1. The van der Waals surface area contributed by atoms with Gasteiger partial charge in [-0.2, -0.15) is 8.78 Å². The monoisotopic (exact) mass is 365 g/mol. The molecule has 2 rings (SSSR count). The first-order valence-corrected chi connectivity index (χ1v) is 8.33. The average Bonchev–Trinajstić information content (AvgIpc) is 2.62. The van der Waals surface area contributed by atoms with Gasteiger partial charge in [0.15, 0.2) is 0 Å². The van der Waals surface area contributed by atoms with Crippen LogP contribution in [0.4, 0.5) is 14.6 Å². The summed E-state index contributed by atoms with van der Waals surface area (Å²) < 4.78 is 33.7. The van der Waals surface area contributed by atoms with Crippen LogP contribution in [0, 0.1) is 0 Å². The Morgan fingerprint density at radius 1 is 1.19 bits per heavy atom. The molecule has 0 aliphatic carbocycles. The van der Waals surface area contributed by atoms with Crippen LogP contribution in [0.15, 0.2) is 30.6 Å². The van der Waals surface area contributed by atoms with Crippen molar-refractivity contribution in [2.45, 2.75) is 33.3 Å². The van der Waals surface area contributed by atoms with Crippen molar-refractivity contribution >= 4 is 11.8 Å². The summed E-state index contributed by atoms with van der Waals surface area (Å²) in [7, 11) is 0. The minimum Gasteiger partial charge on any atom is -0.462 e. The van der Waals surface area contributed by atoms with E-state index in [1.165, 1.54) is 18.5 Å². The molecule has 0 unspecified atom stereocenters. The van der Waals surface area contributed by atoms with E-state index in [-0.39, 0.29) is 12.4 Å². The predicted molar refractivity (Wildman–Crippen MR) is 92.6 cm³/mol. The first-order valence-electron chi connectivity index (χ1n) is 8.33. The Bertz CT molecular complexity index is 724. The average molecular weight is 365 g/mol. The van der Waals surface area contributed by atoms with Gasteiger partial charge < -0.3 is 14.8 Å². The highest BCUT2D eigenvalue weighted by atomic mass is 19.3. The van der Waals surface area contributed by atoms with Crippen LogP contribution in [0.1, 0.15) is 35.5 Å². The summed E-state index contributed by atoms with van der Waals surface area (Å²) in [6, 6.07) is 6.41. The van der Waals surface area contributed by atoms with Crippen molar-refractivity contribution < 1.29 is 23.0 Å². The SMILES string of the molecule is CCOC(=O)c1c(CC)ncnc1NCCc1ccc(OC(F)F)cc1. The maximum Gasteiger partial charge on any atom is 0.387 e. The van der Waals surface area contributed by atoms with Crippen LogP contribution >= 0.6 is 0 Å². The number of carbonyl (C=O) groups is 1. The number of alkyl halides is 2. The molecule has 0 radical (unpaired) electrons. The van der Waals surface area contributed by atoms with Crippen LogP contribution in [0.25, 0.3) is 0 Å². The largest absolute Gasteiger partial charge is 0.462 e. The number of carbonyl (C=O) groups excluding carboxylic acids is 1. The molecular formula is C18H21F2N3O3. The molecule has 0 amide bonds. The number of esters is 1. The van der Waals surface area contributed by atoms with Gasteiger partial charge >= 0.3 is 12.6 Å². The van der Waals surface area contributed by atoms with E-state index in [9.17, 15) is 13.6 Å². The third-order valence-corrected chi connectivity index (χ3v) is 3.59. The number of aryl methyl sites for hydroxylation is 1. The van der Waals surface area contributed by atoms with E-state index in [1.807, 2.05) is 6.92 Å². The van der Waals surface area contributed by atoms with E-state index < -0.39 is 12.6 Å². The Morgan fingerprint density at radius 2 is 1.92 bits per heavy atom. The number of ether oxygens (including phenoxy) is 2. The molecule has 6 nitrogen and oxygen atoms in total. The van der Waals surface area contributed by atoms with Crippen molar-refractivity contribution in [3.8, 4) is 5.75 Å². The Balaban J connectivity index is 2.02. The van der Waals surface area contributed by atoms with E-state index in [0.717, 1.165) is 5.56 Å². The van der Waals surface area contributed by atoms with Crippen molar-refractivity contribution in [3.63, 3.8) is 0 Å². The maximum atomic E-state index is 12.2. The second-order valence-corrected chi connectivity index (χ2v) is 5.32. The van der Waals surface area contributed by atoms with Gasteiger partial charge in [0, 0.05) is 6.54 Å². The molecule has 140 valence electrons. The predicted octanol–water partition coefficient (Wildman–Crippen LogP) is 3.47. The van der Waals surface area contributed by atoms with Gasteiger partial charge in [-0.1, -0.05) is 19.1 Å². The van der Waals surface area contributed by atoms with Crippen LogP contribution in [0.2, 0.25) is 0 Å². The smallest absolute Gasteiger partial charge is 0.387 e. The summed E-state index contributed by atoms with van der Waals surface area (Å²) in [6.07, 6.45) is 2.60. The van der Waals surface area contributed by atoms with E-state index in [1.54, 1.807) is 19.1 Å². The van der Waals surface area contributed by atoms with Crippen molar-refractivity contribution in [1.82, 2.24) is 9.97 Å². The number of hydrogen-bond donors (Lipinski definition) is 1. The lowest BCUT2D eigenvalue weighted by Crippen LogP contribution is -2.16. The van der Waals surface area contributed by atoms with Crippen molar-refractivity contribution in [2.75, 3.05) is 18.5 Å². The molecule has 0 saturated heterocycles. The summed E-state index contributed by atoms with van der Waals surface area (Å²) >= 11 is 0. The summed E-state index contributed by atoms with van der Waals surface area (Å²) in [5, 5.41) is 3.12. The Kier molecular flexibility index (Phi) is 7.25. The minimum absolute atomic E-state index is 0.115. The highest BCUT2D eigenvalue weighted by Gasteiger charge is 2.19. The second kappa shape index (κ2) is 9.65. The fourth-order valence-electron chi connectivity index (χ4n) is 2.40. The molecule has 26 heavy (non-hydrogen) atoms. The first-order chi connectivity index (χ1) is 12.5. The van der Waals surface area contributed by atoms with Gasteiger partial charge in [-0.05, 0) is 37.5 Å². The van der Waals surface area contributed by atoms with Crippen molar-refractivity contribution in [1.29, 1.82) is 0 Å². The van der Waals surface area contributed by atoms with E-state index >= 15 is 0 Å². The molecular weight excluding hydrogens is 344 g/mol. The quantitative estimate of drug-likeness (QED) is 0.686. The van der Waals surface area contributed by atoms with Crippen molar-refractivity contribution in [3.05, 3.63) is 47.4 Å². The lowest BCUT2D eigenvalue weighted by molar-refractivity contribution is -0.0498. The standard InChI is InChI=1S/C18H21F2N3O3/c1-3-14-15(17(24)25-4-2)16(23-11-22-14)21-10-9-12-5-7-13(8-6-12)26-18(19)20/h5-8,11,18H,3-4,9-10H2,1-2H3,(H,21,22,23). The molecule has 8 heteroatoms. The third kappa shape index (κ3) is 5.37. The molecule has 0 bridgehead atoms. The highest BCUT2D eigenvalue weighted by Crippen LogP contribution is 2.18. The Hall–Kier alpha value is -2.77. The van der Waals surface area contributed by atoms with Gasteiger partial charge in [-0.15, -0.1) is 0 Å². The number of nitrogens with one attached hydrogen (secondary N) is 1. The van der Waals surface area contributed by atoms with Crippen LogP contribution in [-0.4, -0.2) is 35.7 Å². The molecule has 1 aromatic carbocycles. The summed E-state index contributed by atoms with van der Waals surface area (Å²) in [4.78, 5) is 20.5. The zero-order chi connectivity index (χ0) is 18.9. The van der Waals surface area contributed by atoms with Gasteiger partial charge in [0.05, 0.1) is 12.3 Å². The molecule has 0 aliphatic heterocycles. The fraction of sp³-hybridized carbons (Fsp3) is 0.389. The summed E-state index contributed by atoms with van der Waals surface area (Å²) in [5.74, 6) is 0.0820. The molecule has 1 N–H and O–H groups in total. The van der Waals surface area contributed by atoms with Crippen LogP contribution in [0.5, 0.6) is 5.75 Å². The molecule has 1 aromatic heterocycles. The van der Waals surface area contributed by atoms with Gasteiger partial charge in [0.2, 0.25) is 0 Å². The third-order valence-electron chi connectivity index (χ3n) is 3.59. The minimum atomic E-state index is -2.84. The molecule has 2 aromatic rings. The van der Waals surface area contributed by atoms with Gasteiger partial charge in [-0.25, -0.2) is 14.8 Å². The topological polar surface area (TPSA) is 73.3 Å². The second-order valence-electron chi connectivity index (χ2n) is 5.32. The maximum absolute atomic E-state index is 12.2. The summed E-state index contributed by atoms with van der Waals surface area (Å²) in [5.41, 5.74) is 1.90.